The second-order valence-corrected chi connectivity index (χ2v) is 10.9. The predicted molar refractivity (Wildman–Crippen MR) is 154 cm³/mol. The monoisotopic (exact) mass is 543 g/mol. The molecule has 1 aliphatic heterocycles. The lowest BCUT2D eigenvalue weighted by Crippen LogP contribution is -2.39. The van der Waals surface area contributed by atoms with Gasteiger partial charge in [-0.2, -0.15) is 0 Å². The smallest absolute Gasteiger partial charge is 0.338 e. The molecular formula is C30H29N3O3S2. The van der Waals surface area contributed by atoms with Crippen LogP contribution in [0.15, 0.2) is 93.2 Å². The number of benzene rings is 2. The van der Waals surface area contributed by atoms with Gasteiger partial charge < -0.3 is 9.64 Å². The van der Waals surface area contributed by atoms with Gasteiger partial charge in [-0.15, -0.1) is 11.3 Å². The van der Waals surface area contributed by atoms with Crippen LogP contribution in [0.2, 0.25) is 0 Å². The number of nitrogens with zero attached hydrogens (tertiary/aromatic N) is 3. The number of rotatable bonds is 8. The summed E-state index contributed by atoms with van der Waals surface area (Å²) in [5, 5.41) is 1.95. The Morgan fingerprint density at radius 1 is 1.05 bits per heavy atom. The van der Waals surface area contributed by atoms with Gasteiger partial charge >= 0.3 is 5.97 Å². The molecule has 0 N–H and O–H groups in total. The normalized spacial score (nSPS) is 15.2. The van der Waals surface area contributed by atoms with Crippen LogP contribution in [0.1, 0.15) is 42.8 Å². The van der Waals surface area contributed by atoms with Crippen LogP contribution in [0.3, 0.4) is 0 Å². The first-order valence-electron chi connectivity index (χ1n) is 12.6. The SMILES string of the molecule is CCN(CC)c1ccc(/C=c2/sc3n(c2=O)C(c2cccs2)C(C(=O)OCc2ccccc2)=C(C)N=3)cc1. The third-order valence-corrected chi connectivity index (χ3v) is 8.49. The minimum atomic E-state index is -0.582. The predicted octanol–water partition coefficient (Wildman–Crippen LogP) is 4.89. The fraction of sp³-hybridized carbons (Fsp3) is 0.233. The molecule has 4 aromatic rings. The molecule has 194 valence electrons. The Morgan fingerprint density at radius 3 is 2.45 bits per heavy atom. The van der Waals surface area contributed by atoms with E-state index >= 15 is 0 Å². The average Bonchev–Trinajstić information content (AvgIpc) is 3.57. The lowest BCUT2D eigenvalue weighted by atomic mass is 10.0. The molecular weight excluding hydrogens is 514 g/mol. The summed E-state index contributed by atoms with van der Waals surface area (Å²) in [7, 11) is 0. The van der Waals surface area contributed by atoms with Crippen molar-refractivity contribution in [2.24, 2.45) is 4.99 Å². The molecule has 2 aromatic heterocycles. The number of thiazole rings is 1. The van der Waals surface area contributed by atoms with Crippen LogP contribution in [0.5, 0.6) is 0 Å². The van der Waals surface area contributed by atoms with Crippen LogP contribution in [0, 0.1) is 0 Å². The van der Waals surface area contributed by atoms with E-state index in [2.05, 4.69) is 35.9 Å². The number of ether oxygens (including phenoxy) is 1. The van der Waals surface area contributed by atoms with Gasteiger partial charge in [0.1, 0.15) is 12.6 Å². The number of carbonyl (C=O) groups excluding carboxylic acids is 1. The summed E-state index contributed by atoms with van der Waals surface area (Å²) in [6.45, 7) is 8.11. The molecule has 6 nitrogen and oxygen atoms in total. The van der Waals surface area contributed by atoms with Crippen molar-refractivity contribution in [2.45, 2.75) is 33.4 Å². The number of thiophene rings is 1. The molecule has 8 heteroatoms. The van der Waals surface area contributed by atoms with E-state index in [1.165, 1.54) is 22.7 Å². The van der Waals surface area contributed by atoms with Crippen LogP contribution in [0.25, 0.3) is 6.08 Å². The lowest BCUT2D eigenvalue weighted by Gasteiger charge is -2.23. The van der Waals surface area contributed by atoms with E-state index in [1.807, 2.05) is 73.0 Å². The summed E-state index contributed by atoms with van der Waals surface area (Å²) in [5.41, 5.74) is 3.79. The van der Waals surface area contributed by atoms with Gasteiger partial charge in [0.05, 0.1) is 15.8 Å². The van der Waals surface area contributed by atoms with E-state index in [0.717, 1.165) is 34.8 Å². The Balaban J connectivity index is 1.53. The fourth-order valence-electron chi connectivity index (χ4n) is 4.62. The zero-order valence-corrected chi connectivity index (χ0v) is 23.2. The number of esters is 1. The highest BCUT2D eigenvalue weighted by atomic mass is 32.1. The second kappa shape index (κ2) is 11.3. The van der Waals surface area contributed by atoms with Crippen molar-refractivity contribution >= 4 is 40.4 Å². The number of anilines is 1. The molecule has 0 amide bonds. The van der Waals surface area contributed by atoms with E-state index in [4.69, 9.17) is 4.74 Å². The van der Waals surface area contributed by atoms with Crippen LogP contribution >= 0.6 is 22.7 Å². The first-order chi connectivity index (χ1) is 18.5. The molecule has 1 unspecified atom stereocenters. The number of hydrogen-bond donors (Lipinski definition) is 0. The minimum absolute atomic E-state index is 0.154. The second-order valence-electron chi connectivity index (χ2n) is 8.92. The van der Waals surface area contributed by atoms with Gasteiger partial charge in [0.15, 0.2) is 4.80 Å². The van der Waals surface area contributed by atoms with Gasteiger partial charge in [-0.25, -0.2) is 9.79 Å². The number of carbonyl (C=O) groups is 1. The Kier molecular flexibility index (Phi) is 7.72. The molecule has 2 aromatic carbocycles. The van der Waals surface area contributed by atoms with Gasteiger partial charge in [-0.3, -0.25) is 9.36 Å². The molecule has 0 aliphatic carbocycles. The summed E-state index contributed by atoms with van der Waals surface area (Å²) in [4.78, 5) is 35.6. The quantitative estimate of drug-likeness (QED) is 0.297. The fourth-order valence-corrected chi connectivity index (χ4v) is 6.49. The van der Waals surface area contributed by atoms with Crippen molar-refractivity contribution in [2.75, 3.05) is 18.0 Å². The van der Waals surface area contributed by atoms with Crippen molar-refractivity contribution in [1.29, 1.82) is 0 Å². The lowest BCUT2D eigenvalue weighted by molar-refractivity contribution is -0.140. The Hall–Kier alpha value is -3.75. The number of aromatic nitrogens is 1. The number of fused-ring (bicyclic) bond motifs is 1. The van der Waals surface area contributed by atoms with Crippen molar-refractivity contribution in [1.82, 2.24) is 4.57 Å². The van der Waals surface area contributed by atoms with Crippen LogP contribution < -0.4 is 19.8 Å². The molecule has 0 bridgehead atoms. The topological polar surface area (TPSA) is 63.9 Å². The van der Waals surface area contributed by atoms with Crippen LogP contribution in [-0.4, -0.2) is 23.6 Å². The van der Waals surface area contributed by atoms with Crippen molar-refractivity contribution in [3.05, 3.63) is 119 Å². The number of hydrogen-bond acceptors (Lipinski definition) is 7. The third-order valence-electron chi connectivity index (χ3n) is 6.59. The molecule has 1 aliphatic rings. The summed E-state index contributed by atoms with van der Waals surface area (Å²) in [6, 6.07) is 21.1. The van der Waals surface area contributed by atoms with Crippen molar-refractivity contribution in [3.63, 3.8) is 0 Å². The first-order valence-corrected chi connectivity index (χ1v) is 14.3. The third kappa shape index (κ3) is 5.14. The van der Waals surface area contributed by atoms with Gasteiger partial charge in [0.25, 0.3) is 5.56 Å². The molecule has 3 heterocycles. The van der Waals surface area contributed by atoms with E-state index in [0.29, 0.717) is 20.6 Å². The van der Waals surface area contributed by atoms with Crippen molar-refractivity contribution in [3.8, 4) is 0 Å². The molecule has 1 atom stereocenters. The summed E-state index contributed by atoms with van der Waals surface area (Å²) < 4.78 is 7.91. The largest absolute Gasteiger partial charge is 0.457 e. The first kappa shape index (κ1) is 25.9. The van der Waals surface area contributed by atoms with Gasteiger partial charge in [-0.05, 0) is 61.6 Å². The highest BCUT2D eigenvalue weighted by molar-refractivity contribution is 7.10. The highest BCUT2D eigenvalue weighted by Crippen LogP contribution is 2.33. The molecule has 0 fully saturated rings. The van der Waals surface area contributed by atoms with E-state index in [-0.39, 0.29) is 12.2 Å². The zero-order chi connectivity index (χ0) is 26.6. The Bertz CT molecular complexity index is 1630. The van der Waals surface area contributed by atoms with Gasteiger partial charge in [-0.1, -0.05) is 59.9 Å². The molecule has 38 heavy (non-hydrogen) atoms. The Morgan fingerprint density at radius 2 is 1.79 bits per heavy atom. The molecule has 0 radical (unpaired) electrons. The maximum Gasteiger partial charge on any atom is 0.338 e. The maximum atomic E-state index is 13.7. The van der Waals surface area contributed by atoms with E-state index in [9.17, 15) is 9.59 Å². The van der Waals surface area contributed by atoms with Gasteiger partial charge in [0.2, 0.25) is 0 Å². The standard InChI is InChI=1S/C30H29N3O3S2/c1-4-32(5-2)23-15-13-21(14-16-23)18-25-28(34)33-27(24-12-9-17-37-24)26(20(3)31-30(33)38-25)29(35)36-19-22-10-7-6-8-11-22/h6-18,27H,4-5,19H2,1-3H3/b25-18+. The average molecular weight is 544 g/mol. The molecule has 0 saturated carbocycles. The summed E-state index contributed by atoms with van der Waals surface area (Å²) in [6.07, 6.45) is 1.90. The molecule has 5 rings (SSSR count). The minimum Gasteiger partial charge on any atom is -0.457 e. The Labute approximate surface area is 229 Å². The molecule has 0 spiro atoms. The molecule has 0 saturated heterocycles. The highest BCUT2D eigenvalue weighted by Gasteiger charge is 2.34. The van der Waals surface area contributed by atoms with Crippen molar-refractivity contribution < 1.29 is 9.53 Å². The van der Waals surface area contributed by atoms with E-state index < -0.39 is 12.0 Å². The zero-order valence-electron chi connectivity index (χ0n) is 21.6. The van der Waals surface area contributed by atoms with Gasteiger partial charge in [0, 0.05) is 23.7 Å². The summed E-state index contributed by atoms with van der Waals surface area (Å²) in [5.74, 6) is -0.463. The van der Waals surface area contributed by atoms with Crippen LogP contribution in [-0.2, 0) is 16.1 Å². The van der Waals surface area contributed by atoms with Crippen LogP contribution in [0.4, 0.5) is 5.69 Å². The number of allylic oxidation sites excluding steroid dienone is 1. The summed E-state index contributed by atoms with van der Waals surface area (Å²) >= 11 is 2.85. The van der Waals surface area contributed by atoms with E-state index in [1.54, 1.807) is 4.57 Å². The maximum absolute atomic E-state index is 13.7.